The monoisotopic (exact) mass is 354 g/mol. The Labute approximate surface area is 121 Å². The predicted molar refractivity (Wildman–Crippen MR) is 79.5 cm³/mol. The largest absolute Gasteiger partial charge is 0.312 e. The molecule has 18 heavy (non-hydrogen) atoms. The van der Waals surface area contributed by atoms with Crippen molar-refractivity contribution in [3.63, 3.8) is 0 Å². The first-order valence-corrected chi connectivity index (χ1v) is 9.09. The molecule has 0 bridgehead atoms. The van der Waals surface area contributed by atoms with Gasteiger partial charge in [-0.2, -0.15) is 0 Å². The molecule has 0 aromatic carbocycles. The van der Waals surface area contributed by atoms with Crippen LogP contribution in [0.1, 0.15) is 31.6 Å². The van der Waals surface area contributed by atoms with Crippen molar-refractivity contribution in [2.24, 2.45) is 0 Å². The molecule has 0 saturated heterocycles. The zero-order chi connectivity index (χ0) is 13.6. The van der Waals surface area contributed by atoms with Crippen molar-refractivity contribution in [1.29, 1.82) is 0 Å². The lowest BCUT2D eigenvalue weighted by Gasteiger charge is -2.03. The molecule has 1 rings (SSSR count). The molecule has 0 fully saturated rings. The summed E-state index contributed by atoms with van der Waals surface area (Å²) in [6, 6.07) is 1.73. The van der Waals surface area contributed by atoms with E-state index in [9.17, 15) is 8.42 Å². The smallest absolute Gasteiger partial charge is 0.242 e. The summed E-state index contributed by atoms with van der Waals surface area (Å²) in [4.78, 5) is 1.36. The molecule has 1 aromatic heterocycles. The van der Waals surface area contributed by atoms with E-state index in [1.54, 1.807) is 6.07 Å². The molecule has 0 spiro atoms. The zero-order valence-corrected chi connectivity index (χ0v) is 13.8. The first kappa shape index (κ1) is 16.1. The quantitative estimate of drug-likeness (QED) is 0.705. The van der Waals surface area contributed by atoms with Gasteiger partial charge in [-0.3, -0.25) is 0 Å². The van der Waals surface area contributed by atoms with Crippen molar-refractivity contribution < 1.29 is 8.42 Å². The Kier molecular flexibility index (Phi) is 6.79. The number of halogens is 1. The molecule has 2 N–H and O–H groups in total. The zero-order valence-electron chi connectivity index (χ0n) is 10.6. The lowest BCUT2D eigenvalue weighted by molar-refractivity contribution is 0.580. The molecule has 1 heterocycles. The fraction of sp³-hybridized carbons (Fsp3) is 0.636. The summed E-state index contributed by atoms with van der Waals surface area (Å²) in [7, 11) is -3.38. The molecule has 7 heteroatoms. The van der Waals surface area contributed by atoms with Crippen LogP contribution < -0.4 is 10.0 Å². The molecule has 0 unspecified atom stereocenters. The minimum absolute atomic E-state index is 0.342. The number of thiophene rings is 1. The molecule has 104 valence electrons. The van der Waals surface area contributed by atoms with Gasteiger partial charge in [-0.25, -0.2) is 13.1 Å². The second-order valence-corrected chi connectivity index (χ2v) is 8.12. The third-order valence-corrected chi connectivity index (χ3v) is 5.98. The minimum Gasteiger partial charge on any atom is -0.312 e. The highest BCUT2D eigenvalue weighted by molar-refractivity contribution is 9.11. The minimum atomic E-state index is -3.38. The highest BCUT2D eigenvalue weighted by atomic mass is 79.9. The van der Waals surface area contributed by atoms with E-state index in [1.807, 2.05) is 6.92 Å². The van der Waals surface area contributed by atoms with Gasteiger partial charge in [0.2, 0.25) is 10.0 Å². The van der Waals surface area contributed by atoms with E-state index in [4.69, 9.17) is 0 Å². The Balaban J connectivity index is 2.77. The fourth-order valence-electron chi connectivity index (χ4n) is 1.37. The van der Waals surface area contributed by atoms with Gasteiger partial charge in [0.05, 0.1) is 3.79 Å². The second-order valence-electron chi connectivity index (χ2n) is 3.93. The van der Waals surface area contributed by atoms with Crippen molar-refractivity contribution in [3.8, 4) is 0 Å². The van der Waals surface area contributed by atoms with Crippen LogP contribution in [0.4, 0.5) is 0 Å². The van der Waals surface area contributed by atoms with Gasteiger partial charge in [0.25, 0.3) is 0 Å². The van der Waals surface area contributed by atoms with Crippen LogP contribution >= 0.6 is 27.3 Å². The third kappa shape index (κ3) is 4.62. The Bertz CT molecular complexity index is 471. The summed E-state index contributed by atoms with van der Waals surface area (Å²) in [6.07, 6.45) is 1.85. The van der Waals surface area contributed by atoms with Crippen molar-refractivity contribution in [3.05, 3.63) is 14.7 Å². The van der Waals surface area contributed by atoms with Crippen LogP contribution in [0.2, 0.25) is 0 Å². The van der Waals surface area contributed by atoms with E-state index in [0.717, 1.165) is 24.3 Å². The maximum absolute atomic E-state index is 12.0. The van der Waals surface area contributed by atoms with Crippen LogP contribution in [0.3, 0.4) is 0 Å². The first-order valence-electron chi connectivity index (χ1n) is 5.99. The van der Waals surface area contributed by atoms with E-state index in [-0.39, 0.29) is 0 Å². The maximum atomic E-state index is 12.0. The van der Waals surface area contributed by atoms with Gasteiger partial charge in [-0.05, 0) is 41.4 Å². The molecule has 0 amide bonds. The molecule has 1 aromatic rings. The van der Waals surface area contributed by atoms with Gasteiger partial charge in [0.15, 0.2) is 0 Å². The SMILES string of the molecule is CCCNCc1cc(S(=O)(=O)NCCC)c(Br)s1. The molecule has 4 nitrogen and oxygen atoms in total. The summed E-state index contributed by atoms with van der Waals surface area (Å²) in [6.45, 7) is 6.15. The Morgan fingerprint density at radius 3 is 2.56 bits per heavy atom. The van der Waals surface area contributed by atoms with Crippen molar-refractivity contribution >= 4 is 37.3 Å². The van der Waals surface area contributed by atoms with E-state index >= 15 is 0 Å². The standard InChI is InChI=1S/C11H19BrN2O2S2/c1-3-5-13-8-9-7-10(11(12)17-9)18(15,16)14-6-4-2/h7,13-14H,3-6,8H2,1-2H3. The Morgan fingerprint density at radius 2 is 1.94 bits per heavy atom. The molecule has 0 aliphatic carbocycles. The highest BCUT2D eigenvalue weighted by Crippen LogP contribution is 2.31. The van der Waals surface area contributed by atoms with Crippen LogP contribution in [0.5, 0.6) is 0 Å². The summed E-state index contributed by atoms with van der Waals surface area (Å²) >= 11 is 4.79. The molecule has 0 aliphatic heterocycles. The van der Waals surface area contributed by atoms with E-state index in [0.29, 0.717) is 21.8 Å². The first-order chi connectivity index (χ1) is 8.51. The molecule has 0 aliphatic rings. The third-order valence-electron chi connectivity index (χ3n) is 2.26. The van der Waals surface area contributed by atoms with Crippen LogP contribution in [0, 0.1) is 0 Å². The van der Waals surface area contributed by atoms with Crippen LogP contribution in [-0.2, 0) is 16.6 Å². The molecule has 0 atom stereocenters. The normalized spacial score (nSPS) is 11.9. The van der Waals surface area contributed by atoms with Gasteiger partial charge >= 0.3 is 0 Å². The van der Waals surface area contributed by atoms with E-state index in [2.05, 4.69) is 32.9 Å². The summed E-state index contributed by atoms with van der Waals surface area (Å²) in [5, 5.41) is 3.26. The van der Waals surface area contributed by atoms with Crippen LogP contribution in [-0.4, -0.2) is 21.5 Å². The lowest BCUT2D eigenvalue weighted by Crippen LogP contribution is -2.24. The van der Waals surface area contributed by atoms with Gasteiger partial charge in [-0.15, -0.1) is 11.3 Å². The number of hydrogen-bond acceptors (Lipinski definition) is 4. The molecule has 0 radical (unpaired) electrons. The maximum Gasteiger partial charge on any atom is 0.242 e. The van der Waals surface area contributed by atoms with E-state index < -0.39 is 10.0 Å². The van der Waals surface area contributed by atoms with Gasteiger partial charge < -0.3 is 5.32 Å². The van der Waals surface area contributed by atoms with Crippen molar-refractivity contribution in [2.45, 2.75) is 38.1 Å². The average Bonchev–Trinajstić information content (AvgIpc) is 2.69. The van der Waals surface area contributed by atoms with Crippen LogP contribution in [0.25, 0.3) is 0 Å². The highest BCUT2D eigenvalue weighted by Gasteiger charge is 2.19. The van der Waals surface area contributed by atoms with Crippen molar-refractivity contribution in [1.82, 2.24) is 10.0 Å². The summed E-state index contributed by atoms with van der Waals surface area (Å²) in [5.74, 6) is 0. The average molecular weight is 355 g/mol. The number of nitrogens with one attached hydrogen (secondary N) is 2. The van der Waals surface area contributed by atoms with E-state index in [1.165, 1.54) is 11.3 Å². The lowest BCUT2D eigenvalue weighted by atomic mass is 10.4. The van der Waals surface area contributed by atoms with Crippen LogP contribution in [0.15, 0.2) is 14.7 Å². The number of rotatable bonds is 8. The fourth-order valence-corrected chi connectivity index (χ4v) is 5.15. The second kappa shape index (κ2) is 7.59. The molecular formula is C11H19BrN2O2S2. The van der Waals surface area contributed by atoms with Gasteiger partial charge in [0, 0.05) is 18.0 Å². The van der Waals surface area contributed by atoms with Gasteiger partial charge in [-0.1, -0.05) is 13.8 Å². The predicted octanol–water partition coefficient (Wildman–Crippen LogP) is 2.70. The number of hydrogen-bond donors (Lipinski definition) is 2. The molecule has 0 saturated carbocycles. The van der Waals surface area contributed by atoms with Crippen molar-refractivity contribution in [2.75, 3.05) is 13.1 Å². The summed E-state index contributed by atoms with van der Waals surface area (Å²) < 4.78 is 27.2. The summed E-state index contributed by atoms with van der Waals surface area (Å²) in [5.41, 5.74) is 0. The molecular weight excluding hydrogens is 336 g/mol. The topological polar surface area (TPSA) is 58.2 Å². The van der Waals surface area contributed by atoms with Gasteiger partial charge in [0.1, 0.15) is 4.90 Å². The Hall–Kier alpha value is 0.0500. The number of sulfonamides is 1. The Morgan fingerprint density at radius 1 is 1.28 bits per heavy atom.